The zero-order valence-corrected chi connectivity index (χ0v) is 18.4. The van der Waals surface area contributed by atoms with E-state index in [1.54, 1.807) is 11.3 Å². The number of hydrogen-bond acceptors (Lipinski definition) is 5. The molecule has 0 saturated heterocycles. The van der Waals surface area contributed by atoms with Crippen LogP contribution in [-0.2, 0) is 17.6 Å². The van der Waals surface area contributed by atoms with Crippen molar-refractivity contribution in [1.82, 2.24) is 0 Å². The van der Waals surface area contributed by atoms with Crippen LogP contribution < -0.4 is 4.74 Å². The molecule has 0 amide bonds. The Kier molecular flexibility index (Phi) is 6.48. The molecule has 0 atom stereocenters. The van der Waals surface area contributed by atoms with E-state index in [0.29, 0.717) is 18.8 Å². The Hall–Kier alpha value is -2.66. The van der Waals surface area contributed by atoms with Gasteiger partial charge in [-0.25, -0.2) is 9.79 Å². The standard InChI is InChI=1S/C25H27NO3S/c1-3-15-29-21-14-13-17-9-5-6-10-18(17)20(21)16-26-24-23(25(27)28-4-2)19-11-7-8-12-22(19)30-24/h5-6,9-10,13-14,16H,3-4,7-8,11-12,15H2,1-2H3. The van der Waals surface area contributed by atoms with Crippen LogP contribution in [0.15, 0.2) is 41.4 Å². The molecule has 30 heavy (non-hydrogen) atoms. The van der Waals surface area contributed by atoms with Crippen LogP contribution in [0.5, 0.6) is 5.75 Å². The molecule has 1 aliphatic carbocycles. The number of carbonyl (C=O) groups excluding carboxylic acids is 1. The zero-order valence-electron chi connectivity index (χ0n) is 17.6. The number of aryl methyl sites for hydroxylation is 1. The van der Waals surface area contributed by atoms with Crippen molar-refractivity contribution in [2.24, 2.45) is 4.99 Å². The summed E-state index contributed by atoms with van der Waals surface area (Å²) in [5, 5.41) is 2.97. The molecule has 0 saturated carbocycles. The van der Waals surface area contributed by atoms with Crippen LogP contribution in [0.2, 0.25) is 0 Å². The predicted octanol–water partition coefficient (Wildman–Crippen LogP) is 6.50. The number of nitrogens with zero attached hydrogens (tertiary/aromatic N) is 1. The summed E-state index contributed by atoms with van der Waals surface area (Å²) in [6.45, 7) is 4.95. The van der Waals surface area contributed by atoms with E-state index in [2.05, 4.69) is 25.1 Å². The molecule has 5 heteroatoms. The summed E-state index contributed by atoms with van der Waals surface area (Å²) in [6, 6.07) is 12.3. The second-order valence-corrected chi connectivity index (χ2v) is 8.50. The smallest absolute Gasteiger partial charge is 0.341 e. The van der Waals surface area contributed by atoms with Crippen molar-refractivity contribution < 1.29 is 14.3 Å². The highest BCUT2D eigenvalue weighted by Crippen LogP contribution is 2.40. The van der Waals surface area contributed by atoms with Gasteiger partial charge in [-0.2, -0.15) is 0 Å². The van der Waals surface area contributed by atoms with Crippen molar-refractivity contribution in [1.29, 1.82) is 0 Å². The van der Waals surface area contributed by atoms with Crippen LogP contribution in [0.1, 0.15) is 59.5 Å². The van der Waals surface area contributed by atoms with Crippen molar-refractivity contribution >= 4 is 39.3 Å². The molecule has 1 heterocycles. The lowest BCUT2D eigenvalue weighted by atomic mass is 9.95. The minimum Gasteiger partial charge on any atom is -0.493 e. The molecule has 0 unspecified atom stereocenters. The second-order valence-electron chi connectivity index (χ2n) is 7.42. The first kappa shape index (κ1) is 20.6. The van der Waals surface area contributed by atoms with Crippen molar-refractivity contribution in [3.8, 4) is 5.75 Å². The van der Waals surface area contributed by atoms with E-state index in [9.17, 15) is 4.79 Å². The Balaban J connectivity index is 1.79. The Bertz CT molecular complexity index is 1080. The number of esters is 1. The summed E-state index contributed by atoms with van der Waals surface area (Å²) >= 11 is 1.62. The average Bonchev–Trinajstić information content (AvgIpc) is 3.15. The third kappa shape index (κ3) is 4.12. The maximum absolute atomic E-state index is 12.7. The third-order valence-corrected chi connectivity index (χ3v) is 6.54. The van der Waals surface area contributed by atoms with Gasteiger partial charge in [-0.3, -0.25) is 0 Å². The number of benzene rings is 2. The van der Waals surface area contributed by atoms with Crippen molar-refractivity contribution in [2.45, 2.75) is 46.0 Å². The van der Waals surface area contributed by atoms with E-state index in [1.807, 2.05) is 31.3 Å². The van der Waals surface area contributed by atoms with Crippen molar-refractivity contribution in [3.05, 3.63) is 58.0 Å². The SMILES string of the molecule is CCCOc1ccc2ccccc2c1C=Nc1sc2c(c1C(=O)OCC)CCCC2. The Morgan fingerprint density at radius 1 is 1.13 bits per heavy atom. The minimum atomic E-state index is -0.260. The maximum Gasteiger partial charge on any atom is 0.341 e. The molecule has 4 nitrogen and oxygen atoms in total. The highest BCUT2D eigenvalue weighted by Gasteiger charge is 2.26. The van der Waals surface area contributed by atoms with Gasteiger partial charge in [0.15, 0.2) is 0 Å². The molecule has 0 N–H and O–H groups in total. The van der Waals surface area contributed by atoms with Gasteiger partial charge in [-0.05, 0) is 61.4 Å². The number of carbonyl (C=O) groups is 1. The molecule has 0 aliphatic heterocycles. The molecule has 4 rings (SSSR count). The first-order valence-corrected chi connectivity index (χ1v) is 11.5. The number of fused-ring (bicyclic) bond motifs is 2. The highest BCUT2D eigenvalue weighted by molar-refractivity contribution is 7.16. The van der Waals surface area contributed by atoms with Gasteiger partial charge in [-0.1, -0.05) is 37.3 Å². The zero-order chi connectivity index (χ0) is 20.9. The summed E-state index contributed by atoms with van der Waals surface area (Å²) in [5.74, 6) is 0.558. The van der Waals surface area contributed by atoms with Crippen LogP contribution in [0.25, 0.3) is 10.8 Å². The topological polar surface area (TPSA) is 47.9 Å². The fourth-order valence-electron chi connectivity index (χ4n) is 3.93. The first-order chi connectivity index (χ1) is 14.7. The minimum absolute atomic E-state index is 0.260. The Labute approximate surface area is 181 Å². The van der Waals surface area contributed by atoms with Crippen LogP contribution in [0.3, 0.4) is 0 Å². The first-order valence-electron chi connectivity index (χ1n) is 10.7. The van der Waals surface area contributed by atoms with Crippen LogP contribution in [-0.4, -0.2) is 25.4 Å². The summed E-state index contributed by atoms with van der Waals surface area (Å²) in [5.41, 5.74) is 2.74. The normalized spacial score (nSPS) is 13.5. The van der Waals surface area contributed by atoms with Gasteiger partial charge < -0.3 is 9.47 Å². The van der Waals surface area contributed by atoms with E-state index >= 15 is 0 Å². The summed E-state index contributed by atoms with van der Waals surface area (Å²) in [6.07, 6.45) is 7.01. The van der Waals surface area contributed by atoms with E-state index < -0.39 is 0 Å². The lowest BCUT2D eigenvalue weighted by molar-refractivity contribution is 0.0526. The fraction of sp³-hybridized carbons (Fsp3) is 0.360. The van der Waals surface area contributed by atoms with Gasteiger partial charge in [-0.15, -0.1) is 11.3 Å². The van der Waals surface area contributed by atoms with E-state index in [4.69, 9.17) is 14.5 Å². The molecule has 0 spiro atoms. The van der Waals surface area contributed by atoms with Gasteiger partial charge in [0.05, 0.1) is 18.8 Å². The lowest BCUT2D eigenvalue weighted by Crippen LogP contribution is -2.09. The maximum atomic E-state index is 12.7. The average molecular weight is 422 g/mol. The van der Waals surface area contributed by atoms with Crippen LogP contribution in [0.4, 0.5) is 5.00 Å². The molecule has 0 fully saturated rings. The number of aliphatic imine (C=N–C) groups is 1. The van der Waals surface area contributed by atoms with Gasteiger partial charge in [0.1, 0.15) is 10.8 Å². The number of hydrogen-bond donors (Lipinski definition) is 0. The number of ether oxygens (including phenoxy) is 2. The monoisotopic (exact) mass is 421 g/mol. The molecule has 1 aromatic heterocycles. The summed E-state index contributed by atoms with van der Waals surface area (Å²) in [4.78, 5) is 18.8. The summed E-state index contributed by atoms with van der Waals surface area (Å²) in [7, 11) is 0. The molecular weight excluding hydrogens is 394 g/mol. The van der Waals surface area contributed by atoms with Crippen LogP contribution >= 0.6 is 11.3 Å². The quantitative estimate of drug-likeness (QED) is 0.323. The molecule has 0 radical (unpaired) electrons. The molecule has 2 aromatic carbocycles. The molecule has 156 valence electrons. The highest BCUT2D eigenvalue weighted by atomic mass is 32.1. The van der Waals surface area contributed by atoms with Gasteiger partial charge in [0.2, 0.25) is 0 Å². The predicted molar refractivity (Wildman–Crippen MR) is 124 cm³/mol. The fourth-order valence-corrected chi connectivity index (χ4v) is 5.15. The van der Waals surface area contributed by atoms with Crippen molar-refractivity contribution in [3.63, 3.8) is 0 Å². The molecule has 0 bridgehead atoms. The summed E-state index contributed by atoms with van der Waals surface area (Å²) < 4.78 is 11.4. The molecular formula is C25H27NO3S. The Morgan fingerprint density at radius 2 is 1.97 bits per heavy atom. The number of thiophene rings is 1. The van der Waals surface area contributed by atoms with Gasteiger partial charge in [0.25, 0.3) is 0 Å². The van der Waals surface area contributed by atoms with E-state index in [-0.39, 0.29) is 5.97 Å². The van der Waals surface area contributed by atoms with Gasteiger partial charge >= 0.3 is 5.97 Å². The van der Waals surface area contributed by atoms with Crippen molar-refractivity contribution in [2.75, 3.05) is 13.2 Å². The second kappa shape index (κ2) is 9.43. The van der Waals surface area contributed by atoms with Crippen LogP contribution in [0, 0.1) is 0 Å². The largest absolute Gasteiger partial charge is 0.493 e. The molecule has 1 aliphatic rings. The number of rotatable bonds is 7. The van der Waals surface area contributed by atoms with Gasteiger partial charge in [0, 0.05) is 16.7 Å². The lowest BCUT2D eigenvalue weighted by Gasteiger charge is -2.12. The third-order valence-electron chi connectivity index (χ3n) is 5.34. The van der Waals surface area contributed by atoms with E-state index in [0.717, 1.165) is 64.8 Å². The Morgan fingerprint density at radius 3 is 2.80 bits per heavy atom. The van der Waals surface area contributed by atoms with E-state index in [1.165, 1.54) is 4.88 Å². The molecule has 3 aromatic rings.